The second kappa shape index (κ2) is 10.7. The van der Waals surface area contributed by atoms with E-state index < -0.39 is 0 Å². The lowest BCUT2D eigenvalue weighted by atomic mass is 10.0. The Morgan fingerprint density at radius 2 is 1.68 bits per heavy atom. The average molecular weight is 418 g/mol. The second-order valence-electron chi connectivity index (χ2n) is 6.48. The lowest BCUT2D eigenvalue weighted by molar-refractivity contribution is 0.144. The van der Waals surface area contributed by atoms with Crippen LogP contribution in [0.25, 0.3) is 10.8 Å². The highest BCUT2D eigenvalue weighted by Crippen LogP contribution is 2.31. The Balaban J connectivity index is 1.77. The van der Waals surface area contributed by atoms with Crippen LogP contribution in [0.1, 0.15) is 24.5 Å². The number of hydrogen-bond donors (Lipinski definition) is 1. The summed E-state index contributed by atoms with van der Waals surface area (Å²) in [5, 5.41) is 7.11. The predicted molar refractivity (Wildman–Crippen MR) is 118 cm³/mol. The first-order valence-corrected chi connectivity index (χ1v) is 10.3. The Labute approximate surface area is 176 Å². The van der Waals surface area contributed by atoms with Gasteiger partial charge in [0.05, 0.1) is 0 Å². The first-order chi connectivity index (χ1) is 13.7. The molecule has 28 heavy (non-hydrogen) atoms. The third kappa shape index (κ3) is 5.39. The standard InChI is InChI=1S/C23H25Cl2NO2/c1-2-27-14-6-13-26-15-19-18-8-4-3-7-17(18)11-12-23(19)28-16-20-21(24)9-5-10-22(20)25/h3-5,7-12,26H,2,6,13-16H2,1H3. The van der Waals surface area contributed by atoms with E-state index in [0.717, 1.165) is 49.6 Å². The van der Waals surface area contributed by atoms with Gasteiger partial charge in [-0.25, -0.2) is 0 Å². The summed E-state index contributed by atoms with van der Waals surface area (Å²) in [5.74, 6) is 0.840. The topological polar surface area (TPSA) is 30.5 Å². The van der Waals surface area contributed by atoms with Gasteiger partial charge in [-0.2, -0.15) is 0 Å². The lowest BCUT2D eigenvalue weighted by Crippen LogP contribution is -2.17. The van der Waals surface area contributed by atoms with Gasteiger partial charge in [0.25, 0.3) is 0 Å². The average Bonchev–Trinajstić information content (AvgIpc) is 2.71. The summed E-state index contributed by atoms with van der Waals surface area (Å²) >= 11 is 12.6. The molecule has 0 atom stereocenters. The SMILES string of the molecule is CCOCCCNCc1c(OCc2c(Cl)cccc2Cl)ccc2ccccc12. The van der Waals surface area contributed by atoms with Crippen LogP contribution in [0.15, 0.2) is 54.6 Å². The van der Waals surface area contributed by atoms with Gasteiger partial charge in [0, 0.05) is 40.9 Å². The van der Waals surface area contributed by atoms with E-state index in [1.807, 2.05) is 37.3 Å². The quantitative estimate of drug-likeness (QED) is 0.395. The van der Waals surface area contributed by atoms with E-state index >= 15 is 0 Å². The van der Waals surface area contributed by atoms with E-state index in [-0.39, 0.29) is 0 Å². The zero-order valence-corrected chi connectivity index (χ0v) is 17.5. The summed E-state index contributed by atoms with van der Waals surface area (Å²) in [7, 11) is 0. The molecule has 0 heterocycles. The summed E-state index contributed by atoms with van der Waals surface area (Å²) in [5.41, 5.74) is 1.94. The van der Waals surface area contributed by atoms with E-state index in [0.29, 0.717) is 16.7 Å². The van der Waals surface area contributed by atoms with Crippen molar-refractivity contribution in [3.63, 3.8) is 0 Å². The van der Waals surface area contributed by atoms with Crippen LogP contribution in [-0.2, 0) is 17.9 Å². The molecule has 0 spiro atoms. The minimum absolute atomic E-state index is 0.328. The fourth-order valence-electron chi connectivity index (χ4n) is 3.11. The largest absolute Gasteiger partial charge is 0.488 e. The number of fused-ring (bicyclic) bond motifs is 1. The van der Waals surface area contributed by atoms with E-state index in [2.05, 4.69) is 29.6 Å². The third-order valence-corrected chi connectivity index (χ3v) is 5.29. The lowest BCUT2D eigenvalue weighted by Gasteiger charge is -2.16. The molecule has 0 saturated carbocycles. The van der Waals surface area contributed by atoms with Crippen LogP contribution in [0.5, 0.6) is 5.75 Å². The van der Waals surface area contributed by atoms with Gasteiger partial charge in [0.15, 0.2) is 0 Å². The molecular formula is C23H25Cl2NO2. The summed E-state index contributed by atoms with van der Waals surface area (Å²) < 4.78 is 11.6. The summed E-state index contributed by atoms with van der Waals surface area (Å²) in [6.07, 6.45) is 0.976. The van der Waals surface area contributed by atoms with Gasteiger partial charge in [0.2, 0.25) is 0 Å². The van der Waals surface area contributed by atoms with E-state index in [1.165, 1.54) is 10.8 Å². The van der Waals surface area contributed by atoms with E-state index in [4.69, 9.17) is 32.7 Å². The van der Waals surface area contributed by atoms with Crippen molar-refractivity contribution in [3.05, 3.63) is 75.8 Å². The zero-order chi connectivity index (χ0) is 19.8. The molecule has 0 fully saturated rings. The van der Waals surface area contributed by atoms with Crippen molar-refractivity contribution in [2.45, 2.75) is 26.5 Å². The van der Waals surface area contributed by atoms with Gasteiger partial charge in [0.1, 0.15) is 12.4 Å². The van der Waals surface area contributed by atoms with Crippen molar-refractivity contribution in [3.8, 4) is 5.75 Å². The monoisotopic (exact) mass is 417 g/mol. The van der Waals surface area contributed by atoms with Gasteiger partial charge < -0.3 is 14.8 Å². The molecule has 3 nitrogen and oxygen atoms in total. The molecule has 0 aliphatic heterocycles. The van der Waals surface area contributed by atoms with Crippen LogP contribution in [0.2, 0.25) is 10.0 Å². The first-order valence-electron chi connectivity index (χ1n) is 9.55. The molecule has 0 aromatic heterocycles. The Hall–Kier alpha value is -1.78. The van der Waals surface area contributed by atoms with Gasteiger partial charge in [-0.1, -0.05) is 59.6 Å². The minimum atomic E-state index is 0.328. The van der Waals surface area contributed by atoms with Crippen LogP contribution in [-0.4, -0.2) is 19.8 Å². The molecule has 148 valence electrons. The Bertz CT molecular complexity index is 894. The molecule has 0 saturated heterocycles. The first kappa shape index (κ1) is 20.9. The van der Waals surface area contributed by atoms with Gasteiger partial charge in [-0.15, -0.1) is 0 Å². The maximum absolute atomic E-state index is 6.29. The Kier molecular flexibility index (Phi) is 7.99. The molecule has 0 aliphatic carbocycles. The molecule has 0 aliphatic rings. The summed E-state index contributed by atoms with van der Waals surface area (Å²) in [6, 6.07) is 17.9. The number of nitrogens with one attached hydrogen (secondary N) is 1. The number of hydrogen-bond acceptors (Lipinski definition) is 3. The molecule has 5 heteroatoms. The minimum Gasteiger partial charge on any atom is -0.488 e. The zero-order valence-electron chi connectivity index (χ0n) is 16.0. The molecule has 3 aromatic rings. The highest BCUT2D eigenvalue weighted by molar-refractivity contribution is 6.35. The van der Waals surface area contributed by atoms with Crippen molar-refractivity contribution in [2.24, 2.45) is 0 Å². The number of rotatable bonds is 10. The van der Waals surface area contributed by atoms with Gasteiger partial charge in [-0.3, -0.25) is 0 Å². The van der Waals surface area contributed by atoms with Crippen LogP contribution >= 0.6 is 23.2 Å². The maximum Gasteiger partial charge on any atom is 0.124 e. The normalized spacial score (nSPS) is 11.1. The van der Waals surface area contributed by atoms with Gasteiger partial charge in [-0.05, 0) is 48.9 Å². The Morgan fingerprint density at radius 1 is 0.893 bits per heavy atom. The van der Waals surface area contributed by atoms with E-state index in [9.17, 15) is 0 Å². The van der Waals surface area contributed by atoms with Crippen molar-refractivity contribution >= 4 is 34.0 Å². The highest BCUT2D eigenvalue weighted by atomic mass is 35.5. The molecule has 0 unspecified atom stereocenters. The summed E-state index contributed by atoms with van der Waals surface area (Å²) in [6.45, 7) is 5.48. The van der Waals surface area contributed by atoms with Crippen molar-refractivity contribution in [2.75, 3.05) is 19.8 Å². The molecule has 1 N–H and O–H groups in total. The van der Waals surface area contributed by atoms with Crippen LogP contribution in [0.4, 0.5) is 0 Å². The third-order valence-electron chi connectivity index (χ3n) is 4.58. The smallest absolute Gasteiger partial charge is 0.124 e. The van der Waals surface area contributed by atoms with Gasteiger partial charge >= 0.3 is 0 Å². The van der Waals surface area contributed by atoms with Crippen molar-refractivity contribution < 1.29 is 9.47 Å². The van der Waals surface area contributed by atoms with Crippen LogP contribution in [0, 0.1) is 0 Å². The molecular weight excluding hydrogens is 393 g/mol. The second-order valence-corrected chi connectivity index (χ2v) is 7.29. The highest BCUT2D eigenvalue weighted by Gasteiger charge is 2.11. The molecule has 3 aromatic carbocycles. The Morgan fingerprint density at radius 3 is 2.46 bits per heavy atom. The fourth-order valence-corrected chi connectivity index (χ4v) is 3.62. The maximum atomic E-state index is 6.29. The van der Waals surface area contributed by atoms with E-state index in [1.54, 1.807) is 0 Å². The fraction of sp³-hybridized carbons (Fsp3) is 0.304. The molecule has 0 radical (unpaired) electrons. The molecule has 0 bridgehead atoms. The summed E-state index contributed by atoms with van der Waals surface area (Å²) in [4.78, 5) is 0. The number of ether oxygens (including phenoxy) is 2. The molecule has 3 rings (SSSR count). The molecule has 0 amide bonds. The predicted octanol–water partition coefficient (Wildman–Crippen LogP) is 6.24. The van der Waals surface area contributed by atoms with Crippen molar-refractivity contribution in [1.82, 2.24) is 5.32 Å². The van der Waals surface area contributed by atoms with Crippen molar-refractivity contribution in [1.29, 1.82) is 0 Å². The number of benzene rings is 3. The number of halogens is 2. The van der Waals surface area contributed by atoms with Crippen LogP contribution in [0.3, 0.4) is 0 Å². The van der Waals surface area contributed by atoms with Crippen LogP contribution < -0.4 is 10.1 Å².